The first-order valence-corrected chi connectivity index (χ1v) is 2.36. The molecular weight excluding hydrogens is 170 g/mol. The van der Waals surface area contributed by atoms with E-state index in [2.05, 4.69) is 6.92 Å². The maximum absolute atomic E-state index is 9.24. The van der Waals surface area contributed by atoms with E-state index >= 15 is 0 Å². The van der Waals surface area contributed by atoms with Gasteiger partial charge < -0.3 is 10.2 Å². The molecule has 0 aromatic rings. The summed E-state index contributed by atoms with van der Waals surface area (Å²) in [4.78, 5) is 18.1. The molecule has 0 aliphatic carbocycles. The second-order valence-electron chi connectivity index (χ2n) is 0.921. The van der Waals surface area contributed by atoms with Crippen LogP contribution in [0.3, 0.4) is 0 Å². The van der Waals surface area contributed by atoms with E-state index in [9.17, 15) is 4.79 Å². The van der Waals surface area contributed by atoms with Crippen molar-refractivity contribution in [3.63, 3.8) is 0 Å². The van der Waals surface area contributed by atoms with Crippen molar-refractivity contribution in [2.24, 2.45) is 0 Å². The largest absolute Gasteiger partial charge is 1.00 e. The minimum absolute atomic E-state index is 0. The number of carbonyl (C=O) groups is 2. The summed E-state index contributed by atoms with van der Waals surface area (Å²) >= 11 is 4.74. The summed E-state index contributed by atoms with van der Waals surface area (Å²) in [5.74, 6) is -2.37. The Morgan fingerprint density at radius 1 is 1.40 bits per heavy atom. The van der Waals surface area contributed by atoms with Crippen LogP contribution in [0, 0.1) is 6.92 Å². The Morgan fingerprint density at radius 3 is 1.50 bits per heavy atom. The molecule has 0 heterocycles. The Labute approximate surface area is 85.5 Å². The van der Waals surface area contributed by atoms with E-state index < -0.39 is 11.9 Å². The maximum Gasteiger partial charge on any atom is 1.00 e. The third-order valence-electron chi connectivity index (χ3n) is 0.114. The summed E-state index contributed by atoms with van der Waals surface area (Å²) in [5, 5.41) is 14.9. The Hall–Kier alpha value is 0.100. The first-order chi connectivity index (χ1) is 4.00. The molecule has 0 aliphatic rings. The number of aliphatic carboxylic acids is 2. The van der Waals surface area contributed by atoms with Gasteiger partial charge in [0.2, 0.25) is 0 Å². The van der Waals surface area contributed by atoms with Crippen LogP contribution in [-0.2, 0) is 9.59 Å². The minimum Gasteiger partial charge on any atom is -0.503 e. The summed E-state index contributed by atoms with van der Waals surface area (Å²) in [7, 11) is 0. The molecule has 0 fully saturated rings. The Kier molecular flexibility index (Phi) is 19.7. The fourth-order valence-corrected chi connectivity index (χ4v) is 0. The molecule has 0 spiro atoms. The van der Waals surface area contributed by atoms with Crippen LogP contribution in [0.2, 0.25) is 0 Å². The van der Waals surface area contributed by atoms with Crippen LogP contribution < -0.4 is 29.6 Å². The van der Waals surface area contributed by atoms with E-state index in [4.69, 9.17) is 26.6 Å². The average molecular weight is 177 g/mol. The Balaban J connectivity index is -0.0000000910. The van der Waals surface area contributed by atoms with Crippen LogP contribution in [0.5, 0.6) is 0 Å². The summed E-state index contributed by atoms with van der Waals surface area (Å²) in [6.45, 7) is 2.56. The summed E-state index contributed by atoms with van der Waals surface area (Å²) in [6, 6.07) is 0. The number of halogens is 1. The number of rotatable bonds is 1. The van der Waals surface area contributed by atoms with Gasteiger partial charge in [-0.25, -0.2) is 0 Å². The van der Waals surface area contributed by atoms with Crippen LogP contribution >= 0.6 is 11.6 Å². The van der Waals surface area contributed by atoms with Gasteiger partial charge in [0.25, 0.3) is 0 Å². The molecule has 0 saturated carbocycles. The van der Waals surface area contributed by atoms with E-state index in [1.165, 1.54) is 0 Å². The van der Waals surface area contributed by atoms with E-state index in [0.29, 0.717) is 0 Å². The predicted octanol–water partition coefficient (Wildman–Crippen LogP) is -2.78. The van der Waals surface area contributed by atoms with Crippen molar-refractivity contribution in [2.45, 2.75) is 0 Å². The molecule has 0 rings (SSSR count). The third kappa shape index (κ3) is 92.6. The minimum atomic E-state index is -1.08. The van der Waals surface area contributed by atoms with Crippen LogP contribution in [0.25, 0.3) is 0 Å². The SMILES string of the molecule is O=C(O)CCl.[CH2-]C(=O)O.[Na+]. The molecule has 0 aromatic heterocycles. The second kappa shape index (κ2) is 11.8. The molecular formula is C4H6ClNaO4. The topological polar surface area (TPSA) is 74.6 Å². The molecule has 0 unspecified atom stereocenters. The molecule has 0 atom stereocenters. The fourth-order valence-electron chi connectivity index (χ4n) is 0. The summed E-state index contributed by atoms with van der Waals surface area (Å²) < 4.78 is 0. The van der Waals surface area contributed by atoms with Gasteiger partial charge in [0.15, 0.2) is 5.97 Å². The number of hydrogen-bond acceptors (Lipinski definition) is 2. The van der Waals surface area contributed by atoms with Crippen molar-refractivity contribution in [1.29, 1.82) is 0 Å². The molecule has 10 heavy (non-hydrogen) atoms. The molecule has 0 radical (unpaired) electrons. The van der Waals surface area contributed by atoms with Gasteiger partial charge in [-0.2, -0.15) is 0 Å². The van der Waals surface area contributed by atoms with Gasteiger partial charge in [-0.05, 0) is 0 Å². The second-order valence-corrected chi connectivity index (χ2v) is 1.19. The standard InChI is InChI=1S/C2H3ClO2.C2H3O2.Na/c3-1-2(4)5;1-2(3)4;/h1H2,(H,4,5);1H2,(H,3,4);/q;-1;+1. The van der Waals surface area contributed by atoms with Crippen molar-refractivity contribution in [1.82, 2.24) is 0 Å². The van der Waals surface area contributed by atoms with Gasteiger partial charge in [-0.3, -0.25) is 16.5 Å². The van der Waals surface area contributed by atoms with Crippen LogP contribution in [0.1, 0.15) is 0 Å². The summed E-state index contributed by atoms with van der Waals surface area (Å²) in [6.07, 6.45) is 0. The van der Waals surface area contributed by atoms with E-state index in [1.807, 2.05) is 0 Å². The number of hydrogen-bond donors (Lipinski definition) is 2. The zero-order chi connectivity index (χ0) is 7.86. The quantitative estimate of drug-likeness (QED) is 0.258. The van der Waals surface area contributed by atoms with Gasteiger partial charge in [0.05, 0.1) is 0 Å². The van der Waals surface area contributed by atoms with Crippen molar-refractivity contribution in [2.75, 3.05) is 5.88 Å². The van der Waals surface area contributed by atoms with Gasteiger partial charge in [-0.1, -0.05) is 0 Å². The molecule has 54 valence electrons. The molecule has 4 nitrogen and oxygen atoms in total. The van der Waals surface area contributed by atoms with E-state index in [0.717, 1.165) is 0 Å². The monoisotopic (exact) mass is 176 g/mol. The van der Waals surface area contributed by atoms with Gasteiger partial charge in [-0.15, -0.1) is 11.6 Å². The summed E-state index contributed by atoms with van der Waals surface area (Å²) in [5.41, 5.74) is 0. The molecule has 0 saturated heterocycles. The first kappa shape index (κ1) is 16.6. The fraction of sp³-hybridized carbons (Fsp3) is 0.250. The zero-order valence-corrected chi connectivity index (χ0v) is 8.26. The number of carboxylic acids is 2. The Bertz CT molecular complexity index is 101. The van der Waals surface area contributed by atoms with Crippen molar-refractivity contribution in [3.8, 4) is 0 Å². The number of carboxylic acid groups (broad SMARTS) is 2. The van der Waals surface area contributed by atoms with Crippen molar-refractivity contribution < 1.29 is 49.4 Å². The zero-order valence-electron chi connectivity index (χ0n) is 5.50. The van der Waals surface area contributed by atoms with Crippen LogP contribution in [-0.4, -0.2) is 28.0 Å². The Morgan fingerprint density at radius 2 is 1.50 bits per heavy atom. The molecule has 0 amide bonds. The van der Waals surface area contributed by atoms with Crippen molar-refractivity contribution in [3.05, 3.63) is 6.92 Å². The smallest absolute Gasteiger partial charge is 0.503 e. The predicted molar refractivity (Wildman–Crippen MR) is 31.3 cm³/mol. The molecule has 6 heteroatoms. The van der Waals surface area contributed by atoms with E-state index in [1.54, 1.807) is 0 Å². The van der Waals surface area contributed by atoms with Crippen LogP contribution in [0.4, 0.5) is 0 Å². The molecule has 0 aliphatic heterocycles. The van der Waals surface area contributed by atoms with Crippen LogP contribution in [0.15, 0.2) is 0 Å². The molecule has 2 N–H and O–H groups in total. The van der Waals surface area contributed by atoms with Gasteiger partial charge >= 0.3 is 35.5 Å². The maximum atomic E-state index is 9.24. The molecule has 0 aromatic carbocycles. The average Bonchev–Trinajstić information content (AvgIpc) is 1.65. The number of alkyl halides is 1. The van der Waals surface area contributed by atoms with Gasteiger partial charge in [0.1, 0.15) is 5.88 Å². The molecule has 0 bridgehead atoms. The van der Waals surface area contributed by atoms with Gasteiger partial charge in [0, 0.05) is 0 Å². The first-order valence-electron chi connectivity index (χ1n) is 1.83. The third-order valence-corrected chi connectivity index (χ3v) is 0.343. The van der Waals surface area contributed by atoms with Crippen molar-refractivity contribution >= 4 is 23.5 Å². The van der Waals surface area contributed by atoms with E-state index in [-0.39, 0.29) is 35.4 Å². The normalized spacial score (nSPS) is 6.10.